The van der Waals surface area contributed by atoms with E-state index in [2.05, 4.69) is 57.2 Å². The Kier molecular flexibility index (Phi) is 7.70. The summed E-state index contributed by atoms with van der Waals surface area (Å²) in [7, 11) is 2.10. The summed E-state index contributed by atoms with van der Waals surface area (Å²) in [5.74, 6) is 1.16. The van der Waals surface area contributed by atoms with Crippen molar-refractivity contribution in [1.29, 1.82) is 0 Å². The smallest absolute Gasteiger partial charge is 0.227 e. The minimum absolute atomic E-state index is 0.211. The highest BCUT2D eigenvalue weighted by Gasteiger charge is 2.24. The lowest BCUT2D eigenvalue weighted by molar-refractivity contribution is -0.132. The van der Waals surface area contributed by atoms with Crippen LogP contribution in [-0.2, 0) is 28.8 Å². The van der Waals surface area contributed by atoms with Crippen LogP contribution in [0.3, 0.4) is 0 Å². The Morgan fingerprint density at radius 2 is 1.73 bits per heavy atom. The number of carbonyl (C=O) groups excluding carboxylic acids is 1. The average molecular weight is 541 g/mol. The van der Waals surface area contributed by atoms with Gasteiger partial charge in [-0.15, -0.1) is 0 Å². The summed E-state index contributed by atoms with van der Waals surface area (Å²) in [6.07, 6.45) is 8.72. The van der Waals surface area contributed by atoms with Crippen LogP contribution in [0.4, 0.5) is 11.9 Å². The standard InChI is InChI=1S/C30H36N8O2/c1-36-7-9-37(10-8-36)27(39)18-22-4-2-3-21(15-22)16-23-5-6-25-26(17-23)34-30(38-11-13-40-14-12-38)35-28(25)24-19-32-29(31)33-20-24/h2-4,15,17,19-20H,5-14,16,18H2,1H3,(H2,31,32,33). The second-order valence-electron chi connectivity index (χ2n) is 10.8. The summed E-state index contributed by atoms with van der Waals surface area (Å²) in [5.41, 5.74) is 13.1. The summed E-state index contributed by atoms with van der Waals surface area (Å²) in [5, 5.41) is 0. The summed E-state index contributed by atoms with van der Waals surface area (Å²) < 4.78 is 5.55. The summed E-state index contributed by atoms with van der Waals surface area (Å²) in [4.78, 5) is 37.7. The van der Waals surface area contributed by atoms with Crippen LogP contribution in [0.2, 0.25) is 0 Å². The van der Waals surface area contributed by atoms with Crippen LogP contribution in [0.5, 0.6) is 0 Å². The lowest BCUT2D eigenvalue weighted by Crippen LogP contribution is -2.47. The predicted molar refractivity (Wildman–Crippen MR) is 155 cm³/mol. The van der Waals surface area contributed by atoms with Crippen LogP contribution < -0.4 is 10.6 Å². The molecule has 0 spiro atoms. The number of anilines is 2. The Morgan fingerprint density at radius 3 is 2.50 bits per heavy atom. The lowest BCUT2D eigenvalue weighted by Gasteiger charge is -2.32. The molecule has 0 unspecified atom stereocenters. The zero-order valence-electron chi connectivity index (χ0n) is 23.1. The second kappa shape index (κ2) is 11.7. The molecule has 2 saturated heterocycles. The van der Waals surface area contributed by atoms with Crippen LogP contribution in [0.1, 0.15) is 28.8 Å². The van der Waals surface area contributed by atoms with Gasteiger partial charge < -0.3 is 25.2 Å². The molecule has 2 aliphatic heterocycles. The molecule has 4 heterocycles. The van der Waals surface area contributed by atoms with E-state index < -0.39 is 0 Å². The van der Waals surface area contributed by atoms with Crippen molar-refractivity contribution in [3.05, 3.63) is 64.6 Å². The highest BCUT2D eigenvalue weighted by atomic mass is 16.5. The maximum absolute atomic E-state index is 12.9. The first-order valence-electron chi connectivity index (χ1n) is 14.1. The van der Waals surface area contributed by atoms with Gasteiger partial charge in [-0.2, -0.15) is 0 Å². The SMILES string of the molecule is CN1CCN(C(=O)Cc2cccc(CC3=Cc4nc(N5CCOCC5)nc(-c5cnc(N)nc5)c4CC3)c2)CC1. The van der Waals surface area contributed by atoms with E-state index >= 15 is 0 Å². The van der Waals surface area contributed by atoms with Gasteiger partial charge in [0.1, 0.15) is 0 Å². The lowest BCUT2D eigenvalue weighted by atomic mass is 9.89. The zero-order chi connectivity index (χ0) is 27.5. The van der Waals surface area contributed by atoms with Gasteiger partial charge in [0.15, 0.2) is 0 Å². The minimum Gasteiger partial charge on any atom is -0.378 e. The first-order chi connectivity index (χ1) is 19.5. The molecule has 6 rings (SSSR count). The van der Waals surface area contributed by atoms with Crippen LogP contribution in [0, 0.1) is 0 Å². The maximum Gasteiger partial charge on any atom is 0.227 e. The van der Waals surface area contributed by atoms with Crippen molar-refractivity contribution >= 4 is 23.9 Å². The summed E-state index contributed by atoms with van der Waals surface area (Å²) in [6.45, 7) is 6.32. The molecule has 3 aliphatic rings. The fraction of sp³-hybridized carbons (Fsp3) is 0.433. The molecule has 208 valence electrons. The zero-order valence-corrected chi connectivity index (χ0v) is 23.1. The average Bonchev–Trinajstić information content (AvgIpc) is 2.98. The second-order valence-corrected chi connectivity index (χ2v) is 10.8. The molecule has 1 aromatic carbocycles. The molecule has 1 amide bonds. The van der Waals surface area contributed by atoms with E-state index in [4.69, 9.17) is 20.4 Å². The van der Waals surface area contributed by atoms with Crippen LogP contribution in [0.15, 0.2) is 42.2 Å². The molecule has 1 aliphatic carbocycles. The van der Waals surface area contributed by atoms with Gasteiger partial charge in [-0.1, -0.05) is 29.8 Å². The first-order valence-corrected chi connectivity index (χ1v) is 14.1. The van der Waals surface area contributed by atoms with Gasteiger partial charge in [0.05, 0.1) is 31.0 Å². The number of hydrogen-bond donors (Lipinski definition) is 1. The van der Waals surface area contributed by atoms with E-state index in [0.29, 0.717) is 25.6 Å². The highest BCUT2D eigenvalue weighted by Crippen LogP contribution is 2.33. The molecule has 0 saturated carbocycles. The molecule has 2 aromatic heterocycles. The normalized spacial score (nSPS) is 17.9. The number of amides is 1. The minimum atomic E-state index is 0.211. The molecule has 0 radical (unpaired) electrons. The Labute approximate surface area is 234 Å². The fourth-order valence-corrected chi connectivity index (χ4v) is 5.60. The van der Waals surface area contributed by atoms with Gasteiger partial charge in [-0.05, 0) is 43.5 Å². The number of hydrogen-bond acceptors (Lipinski definition) is 9. The molecule has 0 bridgehead atoms. The molecule has 2 N–H and O–H groups in total. The number of likely N-dealkylation sites (N-methyl/N-ethyl adjacent to an activating group) is 1. The fourth-order valence-electron chi connectivity index (χ4n) is 5.60. The van der Waals surface area contributed by atoms with Crippen molar-refractivity contribution in [2.24, 2.45) is 0 Å². The van der Waals surface area contributed by atoms with Crippen molar-refractivity contribution in [2.45, 2.75) is 25.7 Å². The predicted octanol–water partition coefficient (Wildman–Crippen LogP) is 2.24. The van der Waals surface area contributed by atoms with Crippen molar-refractivity contribution in [2.75, 3.05) is 70.2 Å². The third kappa shape index (κ3) is 5.97. The molecular weight excluding hydrogens is 504 g/mol. The number of aromatic nitrogens is 4. The highest BCUT2D eigenvalue weighted by molar-refractivity contribution is 5.79. The van der Waals surface area contributed by atoms with E-state index in [-0.39, 0.29) is 11.9 Å². The Bertz CT molecular complexity index is 1390. The van der Waals surface area contributed by atoms with Crippen molar-refractivity contribution in [1.82, 2.24) is 29.7 Å². The molecule has 2 fully saturated rings. The van der Waals surface area contributed by atoms with E-state index in [0.717, 1.165) is 86.6 Å². The van der Waals surface area contributed by atoms with Gasteiger partial charge in [-0.25, -0.2) is 19.9 Å². The topological polar surface area (TPSA) is 114 Å². The molecular formula is C30H36N8O2. The summed E-state index contributed by atoms with van der Waals surface area (Å²) in [6, 6.07) is 8.46. The number of morpholine rings is 1. The number of allylic oxidation sites excluding steroid dienone is 1. The Balaban J connectivity index is 1.24. The quantitative estimate of drug-likeness (QED) is 0.503. The van der Waals surface area contributed by atoms with E-state index in [9.17, 15) is 4.79 Å². The number of nitrogens with zero attached hydrogens (tertiary/aromatic N) is 7. The van der Waals surface area contributed by atoms with Gasteiger partial charge >= 0.3 is 0 Å². The monoisotopic (exact) mass is 540 g/mol. The van der Waals surface area contributed by atoms with Crippen molar-refractivity contribution < 1.29 is 9.53 Å². The molecule has 10 nitrogen and oxygen atoms in total. The van der Waals surface area contributed by atoms with Gasteiger partial charge in [0.2, 0.25) is 17.8 Å². The van der Waals surface area contributed by atoms with Gasteiger partial charge in [-0.3, -0.25) is 4.79 Å². The largest absolute Gasteiger partial charge is 0.378 e. The number of rotatable bonds is 6. The number of ether oxygens (including phenoxy) is 1. The Hall–Kier alpha value is -3.89. The number of carbonyl (C=O) groups is 1. The number of fused-ring (bicyclic) bond motifs is 1. The van der Waals surface area contributed by atoms with E-state index in [1.807, 2.05) is 4.90 Å². The third-order valence-corrected chi connectivity index (χ3v) is 7.94. The number of piperazine rings is 1. The number of benzene rings is 1. The van der Waals surface area contributed by atoms with Crippen LogP contribution >= 0.6 is 0 Å². The van der Waals surface area contributed by atoms with E-state index in [1.165, 1.54) is 11.1 Å². The van der Waals surface area contributed by atoms with Gasteiger partial charge in [0.25, 0.3) is 0 Å². The molecule has 3 aromatic rings. The molecule has 10 heteroatoms. The van der Waals surface area contributed by atoms with Crippen molar-refractivity contribution in [3.63, 3.8) is 0 Å². The maximum atomic E-state index is 12.9. The number of nitrogen functional groups attached to an aromatic ring is 1. The summed E-state index contributed by atoms with van der Waals surface area (Å²) >= 11 is 0. The molecule has 40 heavy (non-hydrogen) atoms. The van der Waals surface area contributed by atoms with Crippen LogP contribution in [0.25, 0.3) is 17.3 Å². The molecule has 0 atom stereocenters. The first kappa shape index (κ1) is 26.3. The Morgan fingerprint density at radius 1 is 0.975 bits per heavy atom. The van der Waals surface area contributed by atoms with Gasteiger partial charge in [0, 0.05) is 62.8 Å². The van der Waals surface area contributed by atoms with Crippen molar-refractivity contribution in [3.8, 4) is 11.3 Å². The third-order valence-electron chi connectivity index (χ3n) is 7.94. The van der Waals surface area contributed by atoms with Crippen LogP contribution in [-0.4, -0.2) is 95.2 Å². The number of nitrogens with two attached hydrogens (primary N) is 1. The van der Waals surface area contributed by atoms with E-state index in [1.54, 1.807) is 12.4 Å².